The molecule has 0 aromatic heterocycles. The first-order chi connectivity index (χ1) is 28.0. The summed E-state index contributed by atoms with van der Waals surface area (Å²) in [6.45, 7) is 4.11. The number of rotatable bonds is 12. The Morgan fingerprint density at radius 1 is 0.914 bits per heavy atom. The van der Waals surface area contributed by atoms with Crippen LogP contribution in [0.3, 0.4) is 0 Å². The van der Waals surface area contributed by atoms with E-state index in [-0.39, 0.29) is 77.2 Å². The number of aromatic hydroxyl groups is 3. The van der Waals surface area contributed by atoms with E-state index >= 15 is 0 Å². The van der Waals surface area contributed by atoms with E-state index in [1.165, 1.54) is 12.7 Å². The van der Waals surface area contributed by atoms with Gasteiger partial charge < -0.3 is 54.7 Å². The first kappa shape index (κ1) is 41.3. The van der Waals surface area contributed by atoms with Gasteiger partial charge in [0.15, 0.2) is 17.1 Å². The Morgan fingerprint density at radius 3 is 2.47 bits per heavy atom. The smallest absolute Gasteiger partial charge is 0.207 e. The Balaban J connectivity index is 1.37. The molecular weight excluding hydrogens is 781 g/mol. The second kappa shape index (κ2) is 16.9. The van der Waals surface area contributed by atoms with E-state index in [0.717, 1.165) is 59.9 Å². The fourth-order valence-corrected chi connectivity index (χ4v) is 13.8. The summed E-state index contributed by atoms with van der Waals surface area (Å²) < 4.78 is 25.2. The van der Waals surface area contributed by atoms with Crippen molar-refractivity contribution in [3.05, 3.63) is 64.2 Å². The zero-order valence-corrected chi connectivity index (χ0v) is 35.0. The number of fused-ring (bicyclic) bond motifs is 7. The number of hydrogen-bond donors (Lipinski definition) is 7. The topological polar surface area (TPSA) is 179 Å². The first-order valence-corrected chi connectivity index (χ1v) is 22.9. The summed E-state index contributed by atoms with van der Waals surface area (Å²) in [5, 5.41) is 78.7. The van der Waals surface area contributed by atoms with Crippen molar-refractivity contribution in [2.24, 2.45) is 11.8 Å². The van der Waals surface area contributed by atoms with Crippen LogP contribution in [0.4, 0.5) is 0 Å². The number of aliphatic hydroxyl groups is 4. The monoisotopic (exact) mass is 836 g/mol. The van der Waals surface area contributed by atoms with Crippen LogP contribution < -0.4 is 18.9 Å². The molecule has 0 spiro atoms. The van der Waals surface area contributed by atoms with Gasteiger partial charge in [-0.1, -0.05) is 53.2 Å². The average molecular weight is 837 g/mol. The molecule has 58 heavy (non-hydrogen) atoms. The van der Waals surface area contributed by atoms with E-state index in [0.29, 0.717) is 49.2 Å². The summed E-state index contributed by atoms with van der Waals surface area (Å²) in [5.41, 5.74) is 4.12. The number of phenolic OH excluding ortho intramolecular Hbond substituents is 3. The lowest BCUT2D eigenvalue weighted by molar-refractivity contribution is -0.112. The molecular formula is C45H56O11S2. The Kier molecular flexibility index (Phi) is 12.0. The van der Waals surface area contributed by atoms with Crippen LogP contribution in [0.5, 0.6) is 40.2 Å². The van der Waals surface area contributed by atoms with Crippen molar-refractivity contribution in [3.63, 3.8) is 0 Å². The molecule has 8 rings (SSSR count). The predicted octanol–water partition coefficient (Wildman–Crippen LogP) is 7.61. The minimum atomic E-state index is -1.51. The maximum atomic E-state index is 13.1. The Bertz CT molecular complexity index is 2040. The summed E-state index contributed by atoms with van der Waals surface area (Å²) in [7, 11) is 4.93. The maximum Gasteiger partial charge on any atom is 0.207 e. The summed E-state index contributed by atoms with van der Waals surface area (Å²) in [6.07, 6.45) is 6.87. The van der Waals surface area contributed by atoms with E-state index in [9.17, 15) is 35.7 Å². The van der Waals surface area contributed by atoms with Crippen molar-refractivity contribution in [3.8, 4) is 51.4 Å². The third-order valence-corrected chi connectivity index (χ3v) is 16.3. The van der Waals surface area contributed by atoms with E-state index < -0.39 is 23.5 Å². The number of benzene rings is 3. The Hall–Kier alpha value is -3.46. The molecule has 1 fully saturated rings. The van der Waals surface area contributed by atoms with E-state index in [1.54, 1.807) is 29.0 Å². The highest BCUT2D eigenvalue weighted by atomic mass is 33.1. The van der Waals surface area contributed by atoms with Crippen molar-refractivity contribution >= 4 is 21.6 Å². The highest BCUT2D eigenvalue weighted by Crippen LogP contribution is 2.66. The zero-order chi connectivity index (χ0) is 40.9. The van der Waals surface area contributed by atoms with Crippen LogP contribution in [-0.4, -0.2) is 92.5 Å². The van der Waals surface area contributed by atoms with Crippen LogP contribution in [-0.2, 0) is 5.60 Å². The molecule has 3 aliphatic carbocycles. The van der Waals surface area contributed by atoms with Gasteiger partial charge >= 0.3 is 0 Å². The molecule has 8 atom stereocenters. The first-order valence-electron chi connectivity index (χ1n) is 20.7. The van der Waals surface area contributed by atoms with Gasteiger partial charge in [-0.3, -0.25) is 0 Å². The third-order valence-electron chi connectivity index (χ3n) is 13.1. The molecule has 0 radical (unpaired) electrons. The van der Waals surface area contributed by atoms with Crippen LogP contribution in [0.1, 0.15) is 105 Å². The molecule has 0 unspecified atom stereocenters. The van der Waals surface area contributed by atoms with Crippen molar-refractivity contribution in [2.45, 2.75) is 105 Å². The molecule has 3 aromatic rings. The average Bonchev–Trinajstić information content (AvgIpc) is 3.20. The van der Waals surface area contributed by atoms with Gasteiger partial charge in [0.25, 0.3) is 0 Å². The van der Waals surface area contributed by atoms with Crippen LogP contribution >= 0.6 is 21.6 Å². The van der Waals surface area contributed by atoms with Gasteiger partial charge in [-0.2, -0.15) is 0 Å². The minimum absolute atomic E-state index is 0.00254. The van der Waals surface area contributed by atoms with Gasteiger partial charge in [0.2, 0.25) is 11.5 Å². The Labute approximate surface area is 347 Å². The predicted molar refractivity (Wildman–Crippen MR) is 225 cm³/mol. The lowest BCUT2D eigenvalue weighted by atomic mass is 9.61. The molecule has 3 aromatic carbocycles. The molecule has 6 bridgehead atoms. The van der Waals surface area contributed by atoms with Gasteiger partial charge in [0.1, 0.15) is 30.0 Å². The van der Waals surface area contributed by atoms with Crippen molar-refractivity contribution in [1.29, 1.82) is 0 Å². The number of phenols is 3. The second-order valence-corrected chi connectivity index (χ2v) is 19.7. The van der Waals surface area contributed by atoms with Crippen LogP contribution in [0.25, 0.3) is 11.1 Å². The third kappa shape index (κ3) is 7.17. The van der Waals surface area contributed by atoms with Crippen LogP contribution in [0.15, 0.2) is 42.0 Å². The highest BCUT2D eigenvalue weighted by molar-refractivity contribution is 8.77. The van der Waals surface area contributed by atoms with Crippen molar-refractivity contribution in [1.82, 2.24) is 0 Å². The molecule has 2 aliphatic heterocycles. The molecule has 13 heteroatoms. The number of ether oxygens (including phenoxy) is 4. The lowest BCUT2D eigenvalue weighted by Gasteiger charge is -2.54. The minimum Gasteiger partial charge on any atom is -0.508 e. The summed E-state index contributed by atoms with van der Waals surface area (Å²) in [4.78, 5) is 0. The summed E-state index contributed by atoms with van der Waals surface area (Å²) in [6, 6.07) is 8.73. The van der Waals surface area contributed by atoms with Gasteiger partial charge in [0.05, 0.1) is 26.9 Å². The normalized spacial score (nSPS) is 28.3. The molecule has 2 heterocycles. The largest absolute Gasteiger partial charge is 0.508 e. The molecule has 1 saturated carbocycles. The summed E-state index contributed by atoms with van der Waals surface area (Å²) >= 11 is 0. The molecule has 314 valence electrons. The SMILES string of the molecule is COc1c(O)c(OCCC(C)C)cc([C@@]23CC[C@@H]4SS[C@H]5C=C(CCO)C[C@@H](CC[C@H]6c7cc(O)ccc7-c7c(OCCO)cc(c(c7[C@@H]6CO)[C@@H]4[C@H]2O)O3)C5)c1O. The highest BCUT2D eigenvalue weighted by Gasteiger charge is 2.60. The van der Waals surface area contributed by atoms with Gasteiger partial charge in [0, 0.05) is 51.7 Å². The number of hydrogen-bond acceptors (Lipinski definition) is 13. The van der Waals surface area contributed by atoms with Crippen molar-refractivity contribution < 1.29 is 54.7 Å². The molecule has 7 N–H and O–H groups in total. The van der Waals surface area contributed by atoms with E-state index in [2.05, 4.69) is 19.9 Å². The van der Waals surface area contributed by atoms with Gasteiger partial charge in [-0.25, -0.2) is 0 Å². The lowest BCUT2D eigenvalue weighted by Crippen LogP contribution is -2.57. The maximum absolute atomic E-state index is 13.1. The number of aliphatic hydroxyl groups excluding tert-OH is 4. The Morgan fingerprint density at radius 2 is 1.72 bits per heavy atom. The van der Waals surface area contributed by atoms with Gasteiger partial charge in [-0.05, 0) is 104 Å². The molecule has 0 saturated heterocycles. The molecule has 0 amide bonds. The van der Waals surface area contributed by atoms with Gasteiger partial charge in [-0.15, -0.1) is 0 Å². The fraction of sp³-hybridized carbons (Fsp3) is 0.556. The fourth-order valence-electron chi connectivity index (χ4n) is 10.4. The standard InChI is InChI=1S/C45H56O11S2/c1-23(2)10-14-54-35-20-32(41(50)43(53-3)42(35)51)45-11-8-36-40(44(45)52)39-34(56-45)21-33(55-15-13-47)37-29-7-5-26(49)19-30(29)28(31(22-48)38(37)39)6-4-24-16-25(9-12-46)18-27(17-24)57-58-36/h5,7,18-21,23-24,27-28,31,36,40,44,46-52H,4,6,8-17,22H2,1-3H3/t24-,27-,28+,31-,36+,40-,44-,45+/m1/s1. The summed E-state index contributed by atoms with van der Waals surface area (Å²) in [5.74, 6) is -0.207. The van der Waals surface area contributed by atoms with Crippen molar-refractivity contribution in [2.75, 3.05) is 40.1 Å². The van der Waals surface area contributed by atoms with Crippen LogP contribution in [0, 0.1) is 11.8 Å². The van der Waals surface area contributed by atoms with E-state index in [4.69, 9.17) is 18.9 Å². The molecule has 5 aliphatic rings. The zero-order valence-electron chi connectivity index (χ0n) is 33.4. The quantitative estimate of drug-likeness (QED) is 0.0702. The second-order valence-electron chi connectivity index (χ2n) is 17.0. The number of methoxy groups -OCH3 is 1. The van der Waals surface area contributed by atoms with Crippen LogP contribution in [0.2, 0.25) is 0 Å². The molecule has 11 nitrogen and oxygen atoms in total. The van der Waals surface area contributed by atoms with E-state index in [1.807, 2.05) is 22.9 Å².